The van der Waals surface area contributed by atoms with Gasteiger partial charge in [-0.3, -0.25) is 9.59 Å². The van der Waals surface area contributed by atoms with Crippen molar-refractivity contribution >= 4 is 52.1 Å². The molecule has 0 saturated heterocycles. The first-order valence-corrected chi connectivity index (χ1v) is 7.06. The maximum Gasteiger partial charge on any atom is 0.258 e. The number of amides is 2. The summed E-state index contributed by atoms with van der Waals surface area (Å²) in [7, 11) is 0. The summed E-state index contributed by atoms with van der Waals surface area (Å²) in [6, 6.07) is 9.68. The van der Waals surface area contributed by atoms with Crippen LogP contribution in [0.25, 0.3) is 0 Å². The quantitative estimate of drug-likeness (QED) is 0.745. The number of nitrogens with two attached hydrogens (primary N) is 1. The number of benzene rings is 2. The summed E-state index contributed by atoms with van der Waals surface area (Å²) in [5.74, 6) is -0.635. The highest BCUT2D eigenvalue weighted by Crippen LogP contribution is 2.30. The fourth-order valence-corrected chi connectivity index (χ4v) is 2.35. The molecule has 2 amide bonds. The topological polar surface area (TPSA) is 84.2 Å². The Hall–Kier alpha value is -2.24. The first kappa shape index (κ1) is 16.1. The standard InChI is InChI=1S/C15H13Cl2N3O2/c1-8(21)19-9-2-4-10(5-3-9)20-15(22)13-11(16)6-7-12(18)14(13)17/h2-7H,18H2,1H3,(H,19,21)(H,20,22). The average Bonchev–Trinajstić information content (AvgIpc) is 2.45. The highest BCUT2D eigenvalue weighted by Gasteiger charge is 2.17. The van der Waals surface area contributed by atoms with Gasteiger partial charge in [-0.25, -0.2) is 0 Å². The molecule has 0 aliphatic carbocycles. The van der Waals surface area contributed by atoms with Crippen molar-refractivity contribution in [3.8, 4) is 0 Å². The van der Waals surface area contributed by atoms with Crippen molar-refractivity contribution in [3.63, 3.8) is 0 Å². The van der Waals surface area contributed by atoms with Gasteiger partial charge in [-0.05, 0) is 36.4 Å². The van der Waals surface area contributed by atoms with Crippen LogP contribution in [0.4, 0.5) is 17.1 Å². The van der Waals surface area contributed by atoms with Crippen LogP contribution in [0.5, 0.6) is 0 Å². The lowest BCUT2D eigenvalue weighted by Crippen LogP contribution is -2.14. The minimum atomic E-state index is -0.463. The van der Waals surface area contributed by atoms with E-state index in [1.165, 1.54) is 19.1 Å². The number of carbonyl (C=O) groups excluding carboxylic acids is 2. The molecule has 0 unspecified atom stereocenters. The molecule has 5 nitrogen and oxygen atoms in total. The number of nitrogen functional groups attached to an aromatic ring is 1. The minimum Gasteiger partial charge on any atom is -0.398 e. The maximum atomic E-state index is 12.3. The summed E-state index contributed by atoms with van der Waals surface area (Å²) < 4.78 is 0. The third-order valence-corrected chi connectivity index (χ3v) is 3.53. The Bertz CT molecular complexity index is 730. The van der Waals surface area contributed by atoms with Crippen LogP contribution in [0.15, 0.2) is 36.4 Å². The van der Waals surface area contributed by atoms with Crippen molar-refractivity contribution in [2.75, 3.05) is 16.4 Å². The second kappa shape index (κ2) is 6.68. The van der Waals surface area contributed by atoms with Crippen LogP contribution in [-0.2, 0) is 4.79 Å². The molecule has 7 heteroatoms. The molecule has 0 atom stereocenters. The van der Waals surface area contributed by atoms with Gasteiger partial charge < -0.3 is 16.4 Å². The molecule has 2 aromatic rings. The van der Waals surface area contributed by atoms with E-state index in [9.17, 15) is 9.59 Å². The Morgan fingerprint density at radius 1 is 0.955 bits per heavy atom. The van der Waals surface area contributed by atoms with Gasteiger partial charge in [0, 0.05) is 18.3 Å². The predicted molar refractivity (Wildman–Crippen MR) is 89.6 cm³/mol. The zero-order valence-electron chi connectivity index (χ0n) is 11.6. The summed E-state index contributed by atoms with van der Waals surface area (Å²) in [6.45, 7) is 1.42. The van der Waals surface area contributed by atoms with Gasteiger partial charge in [0.15, 0.2) is 0 Å². The van der Waals surface area contributed by atoms with E-state index in [-0.39, 0.29) is 27.2 Å². The molecular weight excluding hydrogens is 325 g/mol. The van der Waals surface area contributed by atoms with Crippen molar-refractivity contribution in [2.45, 2.75) is 6.92 Å². The largest absolute Gasteiger partial charge is 0.398 e. The van der Waals surface area contributed by atoms with Crippen molar-refractivity contribution in [3.05, 3.63) is 52.0 Å². The first-order valence-electron chi connectivity index (χ1n) is 6.31. The molecule has 2 aromatic carbocycles. The summed E-state index contributed by atoms with van der Waals surface area (Å²) in [5.41, 5.74) is 7.24. The molecule has 0 heterocycles. The summed E-state index contributed by atoms with van der Waals surface area (Å²) in [4.78, 5) is 23.2. The van der Waals surface area contributed by atoms with Gasteiger partial charge >= 0.3 is 0 Å². The fraction of sp³-hybridized carbons (Fsp3) is 0.0667. The Morgan fingerprint density at radius 3 is 2.05 bits per heavy atom. The molecule has 0 radical (unpaired) electrons. The number of halogens is 2. The Morgan fingerprint density at radius 2 is 1.50 bits per heavy atom. The lowest BCUT2D eigenvalue weighted by atomic mass is 10.1. The SMILES string of the molecule is CC(=O)Nc1ccc(NC(=O)c2c(Cl)ccc(N)c2Cl)cc1. The molecule has 4 N–H and O–H groups in total. The lowest BCUT2D eigenvalue weighted by molar-refractivity contribution is -0.114. The fourth-order valence-electron chi connectivity index (χ4n) is 1.81. The lowest BCUT2D eigenvalue weighted by Gasteiger charge is -2.10. The predicted octanol–water partition coefficient (Wildman–Crippen LogP) is 3.79. The van der Waals surface area contributed by atoms with Gasteiger partial charge in [-0.2, -0.15) is 0 Å². The molecule has 0 aliphatic rings. The zero-order valence-corrected chi connectivity index (χ0v) is 13.1. The van der Waals surface area contributed by atoms with Gasteiger partial charge in [0.2, 0.25) is 5.91 Å². The minimum absolute atomic E-state index is 0.111. The van der Waals surface area contributed by atoms with Gasteiger partial charge in [0.1, 0.15) is 0 Å². The van der Waals surface area contributed by atoms with E-state index in [2.05, 4.69) is 10.6 Å². The van der Waals surface area contributed by atoms with Crippen molar-refractivity contribution in [1.82, 2.24) is 0 Å². The van der Waals surface area contributed by atoms with Crippen LogP contribution < -0.4 is 16.4 Å². The molecule has 0 saturated carbocycles. The van der Waals surface area contributed by atoms with E-state index < -0.39 is 5.91 Å². The van der Waals surface area contributed by atoms with E-state index in [1.54, 1.807) is 24.3 Å². The number of hydrogen-bond donors (Lipinski definition) is 3. The van der Waals surface area contributed by atoms with E-state index >= 15 is 0 Å². The number of rotatable bonds is 3. The third-order valence-electron chi connectivity index (χ3n) is 2.81. The highest BCUT2D eigenvalue weighted by atomic mass is 35.5. The summed E-state index contributed by atoms with van der Waals surface area (Å²) in [6.07, 6.45) is 0. The molecule has 0 aliphatic heterocycles. The molecule has 0 fully saturated rings. The molecule has 114 valence electrons. The zero-order chi connectivity index (χ0) is 16.3. The maximum absolute atomic E-state index is 12.3. The molecular formula is C15H13Cl2N3O2. The van der Waals surface area contributed by atoms with Crippen LogP contribution >= 0.6 is 23.2 Å². The molecule has 2 rings (SSSR count). The Kier molecular flexibility index (Phi) is 4.90. The van der Waals surface area contributed by atoms with Crippen molar-refractivity contribution in [1.29, 1.82) is 0 Å². The van der Waals surface area contributed by atoms with Gasteiger partial charge in [-0.15, -0.1) is 0 Å². The number of hydrogen-bond acceptors (Lipinski definition) is 3. The molecule has 0 aromatic heterocycles. The summed E-state index contributed by atoms with van der Waals surface area (Å²) >= 11 is 12.0. The number of carbonyl (C=O) groups is 2. The van der Waals surface area contributed by atoms with Gasteiger partial charge in [0.25, 0.3) is 5.91 Å². The first-order chi connectivity index (χ1) is 10.4. The van der Waals surface area contributed by atoms with Crippen LogP contribution in [0.2, 0.25) is 10.0 Å². The monoisotopic (exact) mass is 337 g/mol. The van der Waals surface area contributed by atoms with E-state index in [0.717, 1.165) is 0 Å². The van der Waals surface area contributed by atoms with Crippen molar-refractivity contribution in [2.24, 2.45) is 0 Å². The van der Waals surface area contributed by atoms with E-state index in [4.69, 9.17) is 28.9 Å². The third kappa shape index (κ3) is 3.69. The van der Waals surface area contributed by atoms with Gasteiger partial charge in [0.05, 0.1) is 21.3 Å². The van der Waals surface area contributed by atoms with E-state index in [0.29, 0.717) is 11.4 Å². The molecule has 0 spiro atoms. The van der Waals surface area contributed by atoms with Crippen molar-refractivity contribution < 1.29 is 9.59 Å². The number of nitrogens with one attached hydrogen (secondary N) is 2. The molecule has 22 heavy (non-hydrogen) atoms. The second-order valence-corrected chi connectivity index (χ2v) is 5.32. The average molecular weight is 338 g/mol. The smallest absolute Gasteiger partial charge is 0.258 e. The Balaban J connectivity index is 2.19. The van der Waals surface area contributed by atoms with Crippen LogP contribution in [0.1, 0.15) is 17.3 Å². The van der Waals surface area contributed by atoms with E-state index in [1.807, 2.05) is 0 Å². The van der Waals surface area contributed by atoms with Crippen LogP contribution in [0, 0.1) is 0 Å². The van der Waals surface area contributed by atoms with Gasteiger partial charge in [-0.1, -0.05) is 23.2 Å². The molecule has 0 bridgehead atoms. The van der Waals surface area contributed by atoms with Crippen LogP contribution in [0.3, 0.4) is 0 Å². The second-order valence-electron chi connectivity index (χ2n) is 4.54. The summed E-state index contributed by atoms with van der Waals surface area (Å²) in [5, 5.41) is 5.63. The Labute approximate surface area is 137 Å². The normalized spacial score (nSPS) is 10.1. The van der Waals surface area contributed by atoms with Crippen LogP contribution in [-0.4, -0.2) is 11.8 Å². The number of anilines is 3. The highest BCUT2D eigenvalue weighted by molar-refractivity contribution is 6.41.